The van der Waals surface area contributed by atoms with Gasteiger partial charge in [0, 0.05) is 37.7 Å². The lowest BCUT2D eigenvalue weighted by atomic mass is 10.0. The number of carbonyl (C=O) groups is 3. The van der Waals surface area contributed by atoms with Crippen molar-refractivity contribution in [2.75, 3.05) is 13.1 Å². The van der Waals surface area contributed by atoms with Gasteiger partial charge in [-0.25, -0.2) is 0 Å². The van der Waals surface area contributed by atoms with E-state index >= 15 is 0 Å². The summed E-state index contributed by atoms with van der Waals surface area (Å²) >= 11 is 0. The van der Waals surface area contributed by atoms with Crippen LogP contribution < -0.4 is 16.0 Å². The van der Waals surface area contributed by atoms with Crippen molar-refractivity contribution in [3.8, 4) is 0 Å². The summed E-state index contributed by atoms with van der Waals surface area (Å²) in [5.41, 5.74) is 2.65. The van der Waals surface area contributed by atoms with Gasteiger partial charge in [-0.05, 0) is 30.5 Å². The minimum absolute atomic E-state index is 0.105. The molecule has 1 aromatic rings. The third-order valence-electron chi connectivity index (χ3n) is 5.28. The molecule has 0 aromatic heterocycles. The molecule has 25 heavy (non-hydrogen) atoms. The molecule has 0 aliphatic carbocycles. The van der Waals surface area contributed by atoms with E-state index in [-0.39, 0.29) is 24.1 Å². The molecule has 2 saturated heterocycles. The topological polar surface area (TPSA) is 90.5 Å². The van der Waals surface area contributed by atoms with E-state index in [1.807, 2.05) is 18.2 Å². The van der Waals surface area contributed by atoms with Gasteiger partial charge in [0.25, 0.3) is 5.91 Å². The van der Waals surface area contributed by atoms with Crippen LogP contribution in [0.3, 0.4) is 0 Å². The largest absolute Gasteiger partial charge is 0.322 e. The summed E-state index contributed by atoms with van der Waals surface area (Å²) in [5, 5.41) is 9.16. The van der Waals surface area contributed by atoms with Crippen LogP contribution in [0.2, 0.25) is 0 Å². The van der Waals surface area contributed by atoms with Crippen molar-refractivity contribution >= 4 is 17.7 Å². The second-order valence-electron chi connectivity index (χ2n) is 6.92. The van der Waals surface area contributed by atoms with Gasteiger partial charge in [0.05, 0.1) is 0 Å². The highest BCUT2D eigenvalue weighted by Gasteiger charge is 2.39. The number of fused-ring (bicyclic) bond motifs is 1. The van der Waals surface area contributed by atoms with E-state index in [2.05, 4.69) is 16.0 Å². The third kappa shape index (κ3) is 3.05. The molecule has 7 nitrogen and oxygen atoms in total. The van der Waals surface area contributed by atoms with Crippen LogP contribution in [0.25, 0.3) is 0 Å². The lowest BCUT2D eigenvalue weighted by molar-refractivity contribution is -0.136. The molecular weight excluding hydrogens is 320 g/mol. The van der Waals surface area contributed by atoms with E-state index in [4.69, 9.17) is 0 Å². The van der Waals surface area contributed by atoms with Gasteiger partial charge in [-0.3, -0.25) is 19.7 Å². The fourth-order valence-corrected chi connectivity index (χ4v) is 3.92. The van der Waals surface area contributed by atoms with Crippen LogP contribution >= 0.6 is 0 Å². The summed E-state index contributed by atoms with van der Waals surface area (Å²) in [6.07, 6.45) is 1.76. The van der Waals surface area contributed by atoms with E-state index in [1.165, 1.54) is 0 Å². The van der Waals surface area contributed by atoms with E-state index < -0.39 is 6.04 Å². The van der Waals surface area contributed by atoms with E-state index in [0.29, 0.717) is 31.1 Å². The van der Waals surface area contributed by atoms with Gasteiger partial charge in [0.2, 0.25) is 11.8 Å². The monoisotopic (exact) mass is 342 g/mol. The lowest BCUT2D eigenvalue weighted by Gasteiger charge is -2.29. The maximum atomic E-state index is 13.0. The standard InChI is InChI=1S/C18H22N4O3/c23-15-5-4-14(17(24)21-15)22-10-12-3-1-2-11(16(12)18(22)25)8-20-13-6-7-19-9-13/h1-3,13-14,19-20H,4-10H2,(H,21,23,24). The molecule has 7 heteroatoms. The number of piperidine rings is 1. The number of amides is 3. The summed E-state index contributed by atoms with van der Waals surface area (Å²) in [6, 6.07) is 5.75. The second-order valence-corrected chi connectivity index (χ2v) is 6.92. The SMILES string of the molecule is O=C1CCC(N2Cc3cccc(CNC4CCNC4)c3C2=O)C(=O)N1. The smallest absolute Gasteiger partial charge is 0.255 e. The van der Waals surface area contributed by atoms with Crippen molar-refractivity contribution in [2.24, 2.45) is 0 Å². The second kappa shape index (κ2) is 6.57. The highest BCUT2D eigenvalue weighted by atomic mass is 16.2. The van der Waals surface area contributed by atoms with E-state index in [9.17, 15) is 14.4 Å². The number of imide groups is 1. The van der Waals surface area contributed by atoms with Crippen molar-refractivity contribution < 1.29 is 14.4 Å². The first-order chi connectivity index (χ1) is 12.1. The molecule has 132 valence electrons. The van der Waals surface area contributed by atoms with Crippen LogP contribution in [0, 0.1) is 0 Å². The van der Waals surface area contributed by atoms with Crippen LogP contribution in [0.15, 0.2) is 18.2 Å². The van der Waals surface area contributed by atoms with Gasteiger partial charge in [0.15, 0.2) is 0 Å². The predicted octanol–water partition coefficient (Wildman–Crippen LogP) is -0.101. The Kier molecular flexibility index (Phi) is 4.27. The van der Waals surface area contributed by atoms with Gasteiger partial charge in [-0.1, -0.05) is 18.2 Å². The minimum Gasteiger partial charge on any atom is -0.322 e. The number of carbonyl (C=O) groups excluding carboxylic acids is 3. The zero-order valence-electron chi connectivity index (χ0n) is 14.0. The molecule has 2 unspecified atom stereocenters. The Balaban J connectivity index is 1.52. The van der Waals surface area contributed by atoms with Crippen LogP contribution in [0.1, 0.15) is 40.7 Å². The van der Waals surface area contributed by atoms with Gasteiger partial charge in [-0.15, -0.1) is 0 Å². The van der Waals surface area contributed by atoms with Crippen molar-refractivity contribution in [1.82, 2.24) is 20.9 Å². The molecule has 3 aliphatic rings. The zero-order valence-corrected chi connectivity index (χ0v) is 14.0. The first-order valence-electron chi connectivity index (χ1n) is 8.83. The van der Waals surface area contributed by atoms with Crippen molar-refractivity contribution in [1.29, 1.82) is 0 Å². The normalized spacial score (nSPS) is 26.1. The maximum absolute atomic E-state index is 13.0. The van der Waals surface area contributed by atoms with Crippen molar-refractivity contribution in [3.05, 3.63) is 34.9 Å². The predicted molar refractivity (Wildman–Crippen MR) is 90.6 cm³/mol. The molecule has 0 spiro atoms. The molecule has 0 radical (unpaired) electrons. The fourth-order valence-electron chi connectivity index (χ4n) is 3.92. The summed E-state index contributed by atoms with van der Waals surface area (Å²) in [4.78, 5) is 38.0. The first kappa shape index (κ1) is 16.2. The molecule has 3 heterocycles. The Labute approximate surface area is 146 Å². The number of hydrogen-bond acceptors (Lipinski definition) is 5. The van der Waals surface area contributed by atoms with Crippen LogP contribution in [0.4, 0.5) is 0 Å². The maximum Gasteiger partial charge on any atom is 0.255 e. The van der Waals surface area contributed by atoms with Crippen molar-refractivity contribution in [3.63, 3.8) is 0 Å². The molecule has 1 aromatic carbocycles. The highest BCUT2D eigenvalue weighted by molar-refractivity contribution is 6.05. The average Bonchev–Trinajstić information content (AvgIpc) is 3.22. The average molecular weight is 342 g/mol. The van der Waals surface area contributed by atoms with Gasteiger partial charge >= 0.3 is 0 Å². The van der Waals surface area contributed by atoms with E-state index in [0.717, 1.165) is 30.6 Å². The quantitative estimate of drug-likeness (QED) is 0.665. The molecule has 0 saturated carbocycles. The molecular formula is C18H22N4O3. The minimum atomic E-state index is -0.558. The van der Waals surface area contributed by atoms with Crippen LogP contribution in [0.5, 0.6) is 0 Å². The van der Waals surface area contributed by atoms with E-state index in [1.54, 1.807) is 4.90 Å². The number of nitrogens with one attached hydrogen (secondary N) is 3. The van der Waals surface area contributed by atoms with Crippen LogP contribution in [-0.2, 0) is 22.7 Å². The highest BCUT2D eigenvalue weighted by Crippen LogP contribution is 2.29. The molecule has 4 rings (SSSR count). The summed E-state index contributed by atoms with van der Waals surface area (Å²) in [5.74, 6) is -0.735. The molecule has 0 bridgehead atoms. The Morgan fingerprint density at radius 2 is 2.08 bits per heavy atom. The number of rotatable bonds is 4. The Morgan fingerprint density at radius 3 is 2.84 bits per heavy atom. The van der Waals surface area contributed by atoms with Gasteiger partial charge in [0.1, 0.15) is 6.04 Å². The number of nitrogens with zero attached hydrogens (tertiary/aromatic N) is 1. The molecule has 3 aliphatic heterocycles. The Hall–Kier alpha value is -2.25. The summed E-state index contributed by atoms with van der Waals surface area (Å²) < 4.78 is 0. The lowest BCUT2D eigenvalue weighted by Crippen LogP contribution is -2.52. The zero-order chi connectivity index (χ0) is 17.4. The Bertz CT molecular complexity index is 727. The summed E-state index contributed by atoms with van der Waals surface area (Å²) in [6.45, 7) is 3.04. The number of hydrogen-bond donors (Lipinski definition) is 3. The van der Waals surface area contributed by atoms with Crippen LogP contribution in [-0.4, -0.2) is 47.8 Å². The molecule has 3 N–H and O–H groups in total. The van der Waals surface area contributed by atoms with Gasteiger partial charge < -0.3 is 15.5 Å². The summed E-state index contributed by atoms with van der Waals surface area (Å²) in [7, 11) is 0. The molecule has 2 atom stereocenters. The number of benzene rings is 1. The third-order valence-corrected chi connectivity index (χ3v) is 5.28. The molecule has 3 amide bonds. The Morgan fingerprint density at radius 1 is 1.20 bits per heavy atom. The molecule has 2 fully saturated rings. The fraction of sp³-hybridized carbons (Fsp3) is 0.500. The first-order valence-corrected chi connectivity index (χ1v) is 8.83. The van der Waals surface area contributed by atoms with Gasteiger partial charge in [-0.2, -0.15) is 0 Å². The van der Waals surface area contributed by atoms with Crippen molar-refractivity contribution in [2.45, 2.75) is 44.4 Å².